The van der Waals surface area contributed by atoms with E-state index in [2.05, 4.69) is 10.3 Å². The summed E-state index contributed by atoms with van der Waals surface area (Å²) in [6.07, 6.45) is 0. The van der Waals surface area contributed by atoms with Crippen molar-refractivity contribution in [2.45, 2.75) is 25.8 Å². The molecule has 9 nitrogen and oxygen atoms in total. The molecular formula is C30H32FN3O6. The zero-order valence-electron chi connectivity index (χ0n) is 22.5. The Labute approximate surface area is 231 Å². The summed E-state index contributed by atoms with van der Waals surface area (Å²) in [5.74, 6) is -1.45. The van der Waals surface area contributed by atoms with Gasteiger partial charge in [-0.1, -0.05) is 37.3 Å². The molecule has 0 spiro atoms. The highest BCUT2D eigenvalue weighted by Gasteiger charge is 2.33. The predicted molar refractivity (Wildman–Crippen MR) is 150 cm³/mol. The second kappa shape index (κ2) is 13.0. The third kappa shape index (κ3) is 6.35. The van der Waals surface area contributed by atoms with Crippen LogP contribution in [0.2, 0.25) is 0 Å². The Morgan fingerprint density at radius 3 is 2.38 bits per heavy atom. The van der Waals surface area contributed by atoms with Crippen molar-refractivity contribution in [2.24, 2.45) is 0 Å². The molecule has 0 fully saturated rings. The number of benzene rings is 3. The van der Waals surface area contributed by atoms with Gasteiger partial charge in [-0.2, -0.15) is 0 Å². The van der Waals surface area contributed by atoms with Gasteiger partial charge < -0.3 is 29.6 Å². The van der Waals surface area contributed by atoms with Crippen molar-refractivity contribution in [1.29, 1.82) is 0 Å². The van der Waals surface area contributed by atoms with Crippen LogP contribution in [0, 0.1) is 5.82 Å². The van der Waals surface area contributed by atoms with E-state index in [-0.39, 0.29) is 11.4 Å². The largest absolute Gasteiger partial charge is 0.494 e. The van der Waals surface area contributed by atoms with Crippen LogP contribution in [0.4, 0.5) is 10.1 Å². The molecule has 0 bridgehead atoms. The van der Waals surface area contributed by atoms with Gasteiger partial charge in [0.15, 0.2) is 0 Å². The number of amides is 1. The number of aromatic hydroxyl groups is 1. The SMILES string of the molecule is CCOc1ccc(NC(=O)[C@H]([C@@H](C)c2ccccc2)n2c(O)c(-c3ccc(OCCOC)cc3)[nH]c2=O)c(F)c1. The summed E-state index contributed by atoms with van der Waals surface area (Å²) >= 11 is 0. The number of ether oxygens (including phenoxy) is 3. The number of carbonyl (C=O) groups is 1. The summed E-state index contributed by atoms with van der Waals surface area (Å²) in [5.41, 5.74) is 0.630. The van der Waals surface area contributed by atoms with Crippen LogP contribution < -0.4 is 20.5 Å². The maximum absolute atomic E-state index is 14.8. The molecule has 210 valence electrons. The number of imidazole rings is 1. The molecule has 10 heteroatoms. The summed E-state index contributed by atoms with van der Waals surface area (Å²) in [7, 11) is 1.58. The molecule has 1 heterocycles. The van der Waals surface area contributed by atoms with E-state index >= 15 is 0 Å². The van der Waals surface area contributed by atoms with Crippen LogP contribution in [0.3, 0.4) is 0 Å². The number of H-pyrrole nitrogens is 1. The fourth-order valence-electron chi connectivity index (χ4n) is 4.43. The molecule has 1 amide bonds. The standard InChI is InChI=1S/C30H32FN3O6/c1-4-39-23-14-15-25(24(31)18-23)32-28(35)27(19(2)20-8-6-5-7-9-20)34-29(36)26(33-30(34)37)21-10-12-22(13-11-21)40-17-16-38-3/h5-15,18-19,27,36H,4,16-17H2,1-3H3,(H,32,35)(H,33,37)/t19-,27-/m0/s1. The van der Waals surface area contributed by atoms with Gasteiger partial charge in [-0.3, -0.25) is 4.79 Å². The molecule has 4 aromatic rings. The fraction of sp³-hybridized carbons (Fsp3) is 0.267. The maximum atomic E-state index is 14.8. The highest BCUT2D eigenvalue weighted by atomic mass is 19.1. The molecule has 0 saturated carbocycles. The zero-order chi connectivity index (χ0) is 28.6. The number of nitrogens with one attached hydrogen (secondary N) is 2. The van der Waals surface area contributed by atoms with Gasteiger partial charge >= 0.3 is 5.69 Å². The Hall–Kier alpha value is -4.57. The average Bonchev–Trinajstić information content (AvgIpc) is 3.25. The molecule has 3 N–H and O–H groups in total. The number of anilines is 1. The molecule has 40 heavy (non-hydrogen) atoms. The molecule has 1 aromatic heterocycles. The number of carbonyl (C=O) groups excluding carboxylic acids is 1. The third-order valence-corrected chi connectivity index (χ3v) is 6.46. The fourth-order valence-corrected chi connectivity index (χ4v) is 4.43. The van der Waals surface area contributed by atoms with Crippen LogP contribution in [-0.4, -0.2) is 47.5 Å². The van der Waals surface area contributed by atoms with E-state index in [0.29, 0.717) is 36.9 Å². The van der Waals surface area contributed by atoms with E-state index in [1.807, 2.05) is 30.3 Å². The first-order valence-corrected chi connectivity index (χ1v) is 12.9. The van der Waals surface area contributed by atoms with Gasteiger partial charge in [0, 0.05) is 24.7 Å². The van der Waals surface area contributed by atoms with Crippen molar-refractivity contribution in [3.63, 3.8) is 0 Å². The first-order chi connectivity index (χ1) is 19.3. The lowest BCUT2D eigenvalue weighted by Gasteiger charge is -2.25. The van der Waals surface area contributed by atoms with Gasteiger partial charge in [-0.25, -0.2) is 13.8 Å². The van der Waals surface area contributed by atoms with Crippen molar-refractivity contribution >= 4 is 11.6 Å². The summed E-state index contributed by atoms with van der Waals surface area (Å²) in [6, 6.07) is 18.8. The first-order valence-electron chi connectivity index (χ1n) is 12.9. The lowest BCUT2D eigenvalue weighted by Crippen LogP contribution is -2.35. The quantitative estimate of drug-likeness (QED) is 0.212. The molecule has 0 aliphatic carbocycles. The van der Waals surface area contributed by atoms with Crippen LogP contribution >= 0.6 is 0 Å². The van der Waals surface area contributed by atoms with Gasteiger partial charge in [-0.15, -0.1) is 0 Å². The van der Waals surface area contributed by atoms with E-state index in [1.165, 1.54) is 12.1 Å². The average molecular weight is 550 g/mol. The number of nitrogens with zero attached hydrogens (tertiary/aromatic N) is 1. The number of hydrogen-bond acceptors (Lipinski definition) is 6. The van der Waals surface area contributed by atoms with Crippen LogP contribution in [0.25, 0.3) is 11.3 Å². The molecule has 0 aliphatic heterocycles. The minimum atomic E-state index is -1.22. The normalized spacial score (nSPS) is 12.5. The maximum Gasteiger partial charge on any atom is 0.329 e. The number of hydrogen-bond donors (Lipinski definition) is 3. The van der Waals surface area contributed by atoms with Crippen LogP contribution in [0.15, 0.2) is 77.6 Å². The molecule has 0 radical (unpaired) electrons. The molecule has 0 unspecified atom stereocenters. The molecule has 0 aliphatic rings. The summed E-state index contributed by atoms with van der Waals surface area (Å²) in [6.45, 7) is 4.71. The molecule has 0 saturated heterocycles. The third-order valence-electron chi connectivity index (χ3n) is 6.46. The highest BCUT2D eigenvalue weighted by molar-refractivity contribution is 5.95. The Balaban J connectivity index is 1.70. The van der Waals surface area contributed by atoms with Gasteiger partial charge in [0.2, 0.25) is 11.8 Å². The van der Waals surface area contributed by atoms with Gasteiger partial charge in [0.05, 0.1) is 18.9 Å². The zero-order valence-corrected chi connectivity index (χ0v) is 22.5. The van der Waals surface area contributed by atoms with E-state index in [4.69, 9.17) is 14.2 Å². The smallest absolute Gasteiger partial charge is 0.329 e. The van der Waals surface area contributed by atoms with Gasteiger partial charge in [0.25, 0.3) is 0 Å². The van der Waals surface area contributed by atoms with E-state index in [1.54, 1.807) is 51.3 Å². The summed E-state index contributed by atoms with van der Waals surface area (Å²) in [5, 5.41) is 13.8. The van der Waals surface area contributed by atoms with Crippen LogP contribution in [-0.2, 0) is 9.53 Å². The topological polar surface area (TPSA) is 115 Å². The predicted octanol–water partition coefficient (Wildman–Crippen LogP) is 5.10. The molecule has 3 aromatic carbocycles. The highest BCUT2D eigenvalue weighted by Crippen LogP contribution is 2.36. The number of halogens is 1. The lowest BCUT2D eigenvalue weighted by molar-refractivity contribution is -0.120. The minimum Gasteiger partial charge on any atom is -0.494 e. The Bertz CT molecular complexity index is 1480. The van der Waals surface area contributed by atoms with Crippen molar-refractivity contribution < 1.29 is 28.5 Å². The van der Waals surface area contributed by atoms with E-state index < -0.39 is 35.3 Å². The molecule has 4 rings (SSSR count). The number of aromatic nitrogens is 2. The number of rotatable bonds is 12. The lowest BCUT2D eigenvalue weighted by atomic mass is 9.92. The van der Waals surface area contributed by atoms with Gasteiger partial charge in [-0.05, 0) is 48.9 Å². The second-order valence-electron chi connectivity index (χ2n) is 9.07. The van der Waals surface area contributed by atoms with E-state index in [0.717, 1.165) is 10.1 Å². The summed E-state index contributed by atoms with van der Waals surface area (Å²) in [4.78, 5) is 29.6. The van der Waals surface area contributed by atoms with Crippen LogP contribution in [0.5, 0.6) is 17.4 Å². The van der Waals surface area contributed by atoms with Gasteiger partial charge in [0.1, 0.15) is 35.7 Å². The minimum absolute atomic E-state index is 0.0777. The van der Waals surface area contributed by atoms with Crippen LogP contribution in [0.1, 0.15) is 31.4 Å². The van der Waals surface area contributed by atoms with Crippen molar-refractivity contribution in [3.05, 3.63) is 94.7 Å². The number of methoxy groups -OCH3 is 1. The Morgan fingerprint density at radius 1 is 1.02 bits per heavy atom. The van der Waals surface area contributed by atoms with E-state index in [9.17, 15) is 19.1 Å². The monoisotopic (exact) mass is 549 g/mol. The first kappa shape index (κ1) is 28.4. The van der Waals surface area contributed by atoms with Crippen molar-refractivity contribution in [3.8, 4) is 28.6 Å². The molecule has 2 atom stereocenters. The summed E-state index contributed by atoms with van der Waals surface area (Å²) < 4.78 is 31.7. The van der Waals surface area contributed by atoms with Crippen molar-refractivity contribution in [2.75, 3.05) is 32.2 Å². The van der Waals surface area contributed by atoms with Crippen molar-refractivity contribution in [1.82, 2.24) is 9.55 Å². The Kier molecular flexibility index (Phi) is 9.23. The molecular weight excluding hydrogens is 517 g/mol. The number of aromatic amines is 1. The second-order valence-corrected chi connectivity index (χ2v) is 9.07. The Morgan fingerprint density at radius 2 is 1.73 bits per heavy atom.